The molecule has 0 aliphatic carbocycles. The average Bonchev–Trinajstić information content (AvgIpc) is 2.79. The van der Waals surface area contributed by atoms with Crippen LogP contribution in [0.4, 0.5) is 0 Å². The Kier molecular flexibility index (Phi) is 3.86. The quantitative estimate of drug-likeness (QED) is 0.838. The van der Waals surface area contributed by atoms with Gasteiger partial charge in [0.1, 0.15) is 10.5 Å². The van der Waals surface area contributed by atoms with Crippen molar-refractivity contribution >= 4 is 23.4 Å². The van der Waals surface area contributed by atoms with Crippen molar-refractivity contribution in [3.63, 3.8) is 0 Å². The summed E-state index contributed by atoms with van der Waals surface area (Å²) in [4.78, 5) is 0. The van der Waals surface area contributed by atoms with E-state index in [1.165, 1.54) is 0 Å². The minimum absolute atomic E-state index is 0.294. The van der Waals surface area contributed by atoms with Crippen LogP contribution in [0.3, 0.4) is 0 Å². The van der Waals surface area contributed by atoms with Gasteiger partial charge in [0, 0.05) is 11.4 Å². The van der Waals surface area contributed by atoms with Gasteiger partial charge in [0.15, 0.2) is 0 Å². The van der Waals surface area contributed by atoms with Gasteiger partial charge in [-0.05, 0) is 42.4 Å². The Hall–Kier alpha value is -0.850. The lowest BCUT2D eigenvalue weighted by Crippen LogP contribution is -2.22. The minimum atomic E-state index is -0.294. The van der Waals surface area contributed by atoms with Crippen molar-refractivity contribution < 1.29 is 4.74 Å². The maximum absolute atomic E-state index is 9.37. The molecule has 1 atom stereocenters. The third kappa shape index (κ3) is 2.70. The van der Waals surface area contributed by atoms with Gasteiger partial charge < -0.3 is 4.74 Å². The topological polar surface area (TPSA) is 33.0 Å². The largest absolute Gasteiger partial charge is 0.496 e. The van der Waals surface area contributed by atoms with E-state index in [9.17, 15) is 5.26 Å². The number of hydrogen-bond acceptors (Lipinski definition) is 3. The van der Waals surface area contributed by atoms with Gasteiger partial charge in [-0.2, -0.15) is 5.26 Å². The molecule has 90 valence electrons. The first-order valence-electron chi connectivity index (χ1n) is 5.57. The molecule has 0 bridgehead atoms. The van der Waals surface area contributed by atoms with Crippen LogP contribution in [0.5, 0.6) is 5.75 Å². The van der Waals surface area contributed by atoms with Crippen LogP contribution in [0, 0.1) is 11.3 Å². The fourth-order valence-electron chi connectivity index (χ4n) is 2.16. The van der Waals surface area contributed by atoms with E-state index < -0.39 is 0 Å². The highest BCUT2D eigenvalue weighted by Gasteiger charge is 2.35. The van der Waals surface area contributed by atoms with Crippen LogP contribution in [-0.4, -0.2) is 17.6 Å². The summed E-state index contributed by atoms with van der Waals surface area (Å²) in [7, 11) is 1.65. The standard InChI is InChI=1S/C13H14ClNOS/c1-16-12-4-3-11(14)7-10(12)8-13(9-15)5-2-6-17-13/h3-4,7H,2,5-6,8H2,1H3. The van der Waals surface area contributed by atoms with Crippen molar-refractivity contribution in [1.29, 1.82) is 5.26 Å². The predicted octanol–water partition coefficient (Wildman–Crippen LogP) is 3.68. The van der Waals surface area contributed by atoms with Crippen molar-refractivity contribution in [2.45, 2.75) is 24.0 Å². The molecule has 1 unspecified atom stereocenters. The van der Waals surface area contributed by atoms with E-state index in [0.29, 0.717) is 11.4 Å². The molecule has 0 aromatic heterocycles. The fraction of sp³-hybridized carbons (Fsp3) is 0.462. The van der Waals surface area contributed by atoms with Gasteiger partial charge >= 0.3 is 0 Å². The van der Waals surface area contributed by atoms with Crippen LogP contribution < -0.4 is 4.74 Å². The average molecular weight is 268 g/mol. The van der Waals surface area contributed by atoms with E-state index in [0.717, 1.165) is 29.9 Å². The number of rotatable bonds is 3. The molecule has 1 heterocycles. The molecule has 1 aromatic rings. The van der Waals surface area contributed by atoms with Crippen molar-refractivity contribution in [2.75, 3.05) is 12.9 Å². The first-order valence-corrected chi connectivity index (χ1v) is 6.93. The number of thioether (sulfide) groups is 1. The summed E-state index contributed by atoms with van der Waals surface area (Å²) in [6.07, 6.45) is 2.77. The summed E-state index contributed by atoms with van der Waals surface area (Å²) >= 11 is 7.75. The monoisotopic (exact) mass is 267 g/mol. The summed E-state index contributed by atoms with van der Waals surface area (Å²) in [5, 5.41) is 10.1. The first kappa shape index (κ1) is 12.6. The summed E-state index contributed by atoms with van der Waals surface area (Å²) in [6, 6.07) is 8.04. The highest BCUT2D eigenvalue weighted by molar-refractivity contribution is 8.01. The van der Waals surface area contributed by atoms with E-state index in [1.807, 2.05) is 18.2 Å². The number of nitrogens with zero attached hydrogens (tertiary/aromatic N) is 1. The molecular formula is C13H14ClNOS. The number of ether oxygens (including phenoxy) is 1. The van der Waals surface area contributed by atoms with Gasteiger partial charge in [0.25, 0.3) is 0 Å². The van der Waals surface area contributed by atoms with E-state index in [2.05, 4.69) is 6.07 Å². The second kappa shape index (κ2) is 5.20. The summed E-state index contributed by atoms with van der Waals surface area (Å²) < 4.78 is 5.03. The van der Waals surface area contributed by atoms with Gasteiger partial charge in [0.2, 0.25) is 0 Å². The molecule has 17 heavy (non-hydrogen) atoms. The van der Waals surface area contributed by atoms with Crippen molar-refractivity contribution in [1.82, 2.24) is 0 Å². The second-order valence-corrected chi connectivity index (χ2v) is 6.11. The zero-order valence-corrected chi connectivity index (χ0v) is 11.3. The zero-order chi connectivity index (χ0) is 12.3. The molecule has 2 nitrogen and oxygen atoms in total. The molecule has 0 amide bonds. The van der Waals surface area contributed by atoms with Crippen LogP contribution in [0.1, 0.15) is 18.4 Å². The van der Waals surface area contributed by atoms with Gasteiger partial charge in [-0.25, -0.2) is 0 Å². The lowest BCUT2D eigenvalue weighted by atomic mass is 9.95. The maximum Gasteiger partial charge on any atom is 0.122 e. The molecule has 1 saturated heterocycles. The van der Waals surface area contributed by atoms with E-state index in [4.69, 9.17) is 16.3 Å². The molecule has 0 N–H and O–H groups in total. The Morgan fingerprint density at radius 1 is 1.59 bits per heavy atom. The molecule has 1 aliphatic heterocycles. The van der Waals surface area contributed by atoms with Gasteiger partial charge in [0.05, 0.1) is 13.2 Å². The fourth-order valence-corrected chi connectivity index (χ4v) is 3.64. The summed E-state index contributed by atoms with van der Waals surface area (Å²) in [6.45, 7) is 0. The molecule has 4 heteroatoms. The molecule has 2 rings (SSSR count). The maximum atomic E-state index is 9.37. The Balaban J connectivity index is 2.28. The lowest BCUT2D eigenvalue weighted by molar-refractivity contribution is 0.408. The van der Waals surface area contributed by atoms with Crippen LogP contribution >= 0.6 is 23.4 Å². The summed E-state index contributed by atoms with van der Waals surface area (Å²) in [5.41, 5.74) is 1.02. The number of nitriles is 1. The number of benzene rings is 1. The number of halogens is 1. The van der Waals surface area contributed by atoms with E-state index in [-0.39, 0.29) is 4.75 Å². The second-order valence-electron chi connectivity index (χ2n) is 4.19. The SMILES string of the molecule is COc1ccc(Cl)cc1CC1(C#N)CCCS1. The van der Waals surface area contributed by atoms with Crippen molar-refractivity contribution in [3.05, 3.63) is 28.8 Å². The van der Waals surface area contributed by atoms with Gasteiger partial charge in [-0.3, -0.25) is 0 Å². The number of methoxy groups -OCH3 is 1. The normalized spacial score (nSPS) is 23.4. The molecule has 0 radical (unpaired) electrons. The Morgan fingerprint density at radius 3 is 3.00 bits per heavy atom. The van der Waals surface area contributed by atoms with Gasteiger partial charge in [-0.1, -0.05) is 11.6 Å². The van der Waals surface area contributed by atoms with Crippen LogP contribution in [-0.2, 0) is 6.42 Å². The van der Waals surface area contributed by atoms with Crippen molar-refractivity contribution in [3.8, 4) is 11.8 Å². The van der Waals surface area contributed by atoms with Crippen LogP contribution in [0.2, 0.25) is 5.02 Å². The minimum Gasteiger partial charge on any atom is -0.496 e. The highest BCUT2D eigenvalue weighted by atomic mass is 35.5. The third-order valence-corrected chi connectivity index (χ3v) is 4.75. The van der Waals surface area contributed by atoms with Crippen LogP contribution in [0.25, 0.3) is 0 Å². The lowest BCUT2D eigenvalue weighted by Gasteiger charge is -2.20. The smallest absolute Gasteiger partial charge is 0.122 e. The molecule has 1 fully saturated rings. The van der Waals surface area contributed by atoms with Crippen LogP contribution in [0.15, 0.2) is 18.2 Å². The first-order chi connectivity index (χ1) is 8.19. The predicted molar refractivity (Wildman–Crippen MR) is 71.7 cm³/mol. The molecule has 0 saturated carbocycles. The number of hydrogen-bond donors (Lipinski definition) is 0. The molecule has 1 aromatic carbocycles. The Labute approximate surface area is 111 Å². The third-order valence-electron chi connectivity index (χ3n) is 3.03. The molecule has 0 spiro atoms. The Bertz CT molecular complexity index is 449. The van der Waals surface area contributed by atoms with E-state index >= 15 is 0 Å². The van der Waals surface area contributed by atoms with Gasteiger partial charge in [-0.15, -0.1) is 11.8 Å². The summed E-state index contributed by atoms with van der Waals surface area (Å²) in [5.74, 6) is 1.88. The molecule has 1 aliphatic rings. The molecular weight excluding hydrogens is 254 g/mol. The highest BCUT2D eigenvalue weighted by Crippen LogP contribution is 2.42. The Morgan fingerprint density at radius 2 is 2.41 bits per heavy atom. The van der Waals surface area contributed by atoms with E-state index in [1.54, 1.807) is 18.9 Å². The van der Waals surface area contributed by atoms with Crippen molar-refractivity contribution in [2.24, 2.45) is 0 Å². The zero-order valence-electron chi connectivity index (χ0n) is 9.70.